The minimum absolute atomic E-state index is 0.0359. The molecule has 0 radical (unpaired) electrons. The summed E-state index contributed by atoms with van der Waals surface area (Å²) in [7, 11) is 3.76. The topological polar surface area (TPSA) is 35.6 Å². The van der Waals surface area contributed by atoms with Gasteiger partial charge in [-0.3, -0.25) is 9.69 Å². The van der Waals surface area contributed by atoms with E-state index in [1.54, 1.807) is 0 Å². The standard InChI is InChI=1S/C9H19N3O/c1-4-12-6-5-11(3)9(13)8(12)7-10-2/h8,10H,4-7H2,1-3H3. The van der Waals surface area contributed by atoms with E-state index >= 15 is 0 Å². The van der Waals surface area contributed by atoms with E-state index in [9.17, 15) is 4.79 Å². The smallest absolute Gasteiger partial charge is 0.241 e. The fourth-order valence-electron chi connectivity index (χ4n) is 1.74. The number of hydrogen-bond acceptors (Lipinski definition) is 3. The summed E-state index contributed by atoms with van der Waals surface area (Å²) in [6.45, 7) is 5.64. The van der Waals surface area contributed by atoms with Crippen LogP contribution in [0.5, 0.6) is 0 Å². The highest BCUT2D eigenvalue weighted by molar-refractivity contribution is 5.82. The van der Waals surface area contributed by atoms with E-state index in [2.05, 4.69) is 17.1 Å². The summed E-state index contributed by atoms with van der Waals surface area (Å²) in [6, 6.07) is 0.0359. The molecule has 13 heavy (non-hydrogen) atoms. The summed E-state index contributed by atoms with van der Waals surface area (Å²) < 4.78 is 0. The van der Waals surface area contributed by atoms with Crippen molar-refractivity contribution in [2.24, 2.45) is 0 Å². The summed E-state index contributed by atoms with van der Waals surface area (Å²) in [5.74, 6) is 0.238. The van der Waals surface area contributed by atoms with Crippen LogP contribution >= 0.6 is 0 Å². The molecule has 1 unspecified atom stereocenters. The molecule has 0 aromatic rings. The Bertz CT molecular complexity index is 184. The van der Waals surface area contributed by atoms with Gasteiger partial charge in [-0.05, 0) is 13.6 Å². The SMILES string of the molecule is CCN1CCN(C)C(=O)C1CNC. The monoisotopic (exact) mass is 185 g/mol. The number of hydrogen-bond donors (Lipinski definition) is 1. The van der Waals surface area contributed by atoms with Gasteiger partial charge in [-0.2, -0.15) is 0 Å². The fourth-order valence-corrected chi connectivity index (χ4v) is 1.74. The quantitative estimate of drug-likeness (QED) is 0.636. The van der Waals surface area contributed by atoms with E-state index in [1.165, 1.54) is 0 Å². The molecule has 0 aromatic heterocycles. The van der Waals surface area contributed by atoms with E-state index < -0.39 is 0 Å². The number of carbonyl (C=O) groups excluding carboxylic acids is 1. The Balaban J connectivity index is 2.63. The van der Waals surface area contributed by atoms with Gasteiger partial charge >= 0.3 is 0 Å². The molecule has 0 saturated carbocycles. The van der Waals surface area contributed by atoms with Crippen molar-refractivity contribution in [3.8, 4) is 0 Å². The van der Waals surface area contributed by atoms with E-state index in [1.807, 2.05) is 19.0 Å². The number of carbonyl (C=O) groups is 1. The predicted octanol–water partition coefficient (Wildman–Crippen LogP) is -0.632. The molecule has 0 aliphatic carbocycles. The van der Waals surface area contributed by atoms with Gasteiger partial charge in [0.15, 0.2) is 0 Å². The predicted molar refractivity (Wildman–Crippen MR) is 52.6 cm³/mol. The Kier molecular flexibility index (Phi) is 3.69. The molecular weight excluding hydrogens is 166 g/mol. The Morgan fingerprint density at radius 1 is 1.54 bits per heavy atom. The van der Waals surface area contributed by atoms with Gasteiger partial charge in [0, 0.05) is 26.7 Å². The van der Waals surface area contributed by atoms with Crippen LogP contribution in [0.25, 0.3) is 0 Å². The van der Waals surface area contributed by atoms with Crippen molar-refractivity contribution in [3.63, 3.8) is 0 Å². The summed E-state index contributed by atoms with van der Waals surface area (Å²) in [6.07, 6.45) is 0. The largest absolute Gasteiger partial charge is 0.343 e. The van der Waals surface area contributed by atoms with Crippen molar-refractivity contribution in [2.45, 2.75) is 13.0 Å². The number of rotatable bonds is 3. The number of piperazine rings is 1. The second kappa shape index (κ2) is 4.58. The molecule has 0 bridgehead atoms. The molecular formula is C9H19N3O. The first-order valence-corrected chi connectivity index (χ1v) is 4.84. The van der Waals surface area contributed by atoms with Crippen LogP contribution in [0.4, 0.5) is 0 Å². The maximum atomic E-state index is 11.7. The van der Waals surface area contributed by atoms with Gasteiger partial charge < -0.3 is 10.2 Å². The lowest BCUT2D eigenvalue weighted by Crippen LogP contribution is -2.58. The zero-order valence-corrected chi connectivity index (χ0v) is 8.71. The maximum Gasteiger partial charge on any atom is 0.241 e. The highest BCUT2D eigenvalue weighted by atomic mass is 16.2. The van der Waals surface area contributed by atoms with Crippen LogP contribution in [0.1, 0.15) is 6.92 Å². The first-order valence-electron chi connectivity index (χ1n) is 4.84. The lowest BCUT2D eigenvalue weighted by molar-refractivity contribution is -0.139. The van der Waals surface area contributed by atoms with Crippen LogP contribution in [-0.2, 0) is 4.79 Å². The van der Waals surface area contributed by atoms with Crippen LogP contribution in [0.2, 0.25) is 0 Å². The van der Waals surface area contributed by atoms with Crippen LogP contribution in [0.3, 0.4) is 0 Å². The average Bonchev–Trinajstić information content (AvgIpc) is 2.14. The van der Waals surface area contributed by atoms with Gasteiger partial charge in [0.2, 0.25) is 5.91 Å². The summed E-state index contributed by atoms with van der Waals surface area (Å²) >= 11 is 0. The van der Waals surface area contributed by atoms with Crippen LogP contribution < -0.4 is 5.32 Å². The Morgan fingerprint density at radius 3 is 2.77 bits per heavy atom. The van der Waals surface area contributed by atoms with E-state index in [0.717, 1.165) is 26.2 Å². The molecule has 0 spiro atoms. The van der Waals surface area contributed by atoms with Gasteiger partial charge in [-0.1, -0.05) is 6.92 Å². The summed E-state index contributed by atoms with van der Waals surface area (Å²) in [5, 5.41) is 3.06. The van der Waals surface area contributed by atoms with Crippen molar-refractivity contribution < 1.29 is 4.79 Å². The van der Waals surface area contributed by atoms with Crippen LogP contribution in [0, 0.1) is 0 Å². The van der Waals surface area contributed by atoms with Gasteiger partial charge in [0.1, 0.15) is 6.04 Å². The molecule has 4 nitrogen and oxygen atoms in total. The molecule has 1 saturated heterocycles. The highest BCUT2D eigenvalue weighted by Gasteiger charge is 2.30. The normalized spacial score (nSPS) is 25.3. The minimum Gasteiger partial charge on any atom is -0.343 e. The second-order valence-electron chi connectivity index (χ2n) is 3.46. The van der Waals surface area contributed by atoms with Gasteiger partial charge in [-0.15, -0.1) is 0 Å². The Morgan fingerprint density at radius 2 is 2.23 bits per heavy atom. The molecule has 1 amide bonds. The van der Waals surface area contributed by atoms with Crippen molar-refractivity contribution >= 4 is 5.91 Å². The number of likely N-dealkylation sites (N-methyl/N-ethyl adjacent to an activating group) is 3. The molecule has 1 aliphatic heterocycles. The Labute approximate surface area is 79.9 Å². The second-order valence-corrected chi connectivity index (χ2v) is 3.46. The first kappa shape index (κ1) is 10.5. The molecule has 1 aliphatic rings. The van der Waals surface area contributed by atoms with Gasteiger partial charge in [-0.25, -0.2) is 0 Å². The van der Waals surface area contributed by atoms with Gasteiger partial charge in [0.25, 0.3) is 0 Å². The summed E-state index contributed by atoms with van der Waals surface area (Å²) in [4.78, 5) is 15.8. The molecule has 0 aromatic carbocycles. The highest BCUT2D eigenvalue weighted by Crippen LogP contribution is 2.08. The zero-order chi connectivity index (χ0) is 9.84. The number of nitrogens with zero attached hydrogens (tertiary/aromatic N) is 2. The minimum atomic E-state index is 0.0359. The average molecular weight is 185 g/mol. The molecule has 1 fully saturated rings. The van der Waals surface area contributed by atoms with Crippen molar-refractivity contribution in [2.75, 3.05) is 40.3 Å². The third kappa shape index (κ3) is 2.19. The molecule has 1 atom stereocenters. The Hall–Kier alpha value is -0.610. The third-order valence-corrected chi connectivity index (χ3v) is 2.63. The molecule has 1 heterocycles. The number of nitrogens with one attached hydrogen (secondary N) is 1. The number of amides is 1. The molecule has 4 heteroatoms. The lowest BCUT2D eigenvalue weighted by Gasteiger charge is -2.38. The molecule has 1 N–H and O–H groups in total. The van der Waals surface area contributed by atoms with E-state index in [0.29, 0.717) is 0 Å². The summed E-state index contributed by atoms with van der Waals surface area (Å²) in [5.41, 5.74) is 0. The van der Waals surface area contributed by atoms with E-state index in [4.69, 9.17) is 0 Å². The van der Waals surface area contributed by atoms with Crippen molar-refractivity contribution in [1.82, 2.24) is 15.1 Å². The third-order valence-electron chi connectivity index (χ3n) is 2.63. The van der Waals surface area contributed by atoms with Crippen molar-refractivity contribution in [1.29, 1.82) is 0 Å². The van der Waals surface area contributed by atoms with Crippen LogP contribution in [-0.4, -0.2) is 62.0 Å². The fraction of sp³-hybridized carbons (Fsp3) is 0.889. The maximum absolute atomic E-state index is 11.7. The molecule has 76 valence electrons. The zero-order valence-electron chi connectivity index (χ0n) is 8.71. The lowest BCUT2D eigenvalue weighted by atomic mass is 10.1. The van der Waals surface area contributed by atoms with Gasteiger partial charge in [0.05, 0.1) is 0 Å². The van der Waals surface area contributed by atoms with Crippen molar-refractivity contribution in [3.05, 3.63) is 0 Å². The van der Waals surface area contributed by atoms with Crippen LogP contribution in [0.15, 0.2) is 0 Å². The molecule has 1 rings (SSSR count). The first-order chi connectivity index (χ1) is 6.20. The van der Waals surface area contributed by atoms with E-state index in [-0.39, 0.29) is 11.9 Å².